The van der Waals surface area contributed by atoms with Crippen molar-refractivity contribution >= 4 is 36.8 Å². The summed E-state index contributed by atoms with van der Waals surface area (Å²) in [5.74, 6) is -0.326. The summed E-state index contributed by atoms with van der Waals surface area (Å²) in [7, 11) is -1.28. The summed E-state index contributed by atoms with van der Waals surface area (Å²) in [5.41, 5.74) is 5.02. The number of nitrogens with zero attached hydrogens (tertiary/aromatic N) is 3. The summed E-state index contributed by atoms with van der Waals surface area (Å²) in [5, 5.41) is 0.509. The van der Waals surface area contributed by atoms with Crippen LogP contribution < -0.4 is 4.74 Å². The molecule has 2 aromatic heterocycles. The van der Waals surface area contributed by atoms with Gasteiger partial charge in [0.05, 0.1) is 48.6 Å². The van der Waals surface area contributed by atoms with E-state index in [9.17, 15) is 4.79 Å². The van der Waals surface area contributed by atoms with E-state index in [1.165, 1.54) is 0 Å². The molecule has 0 bridgehead atoms. The summed E-state index contributed by atoms with van der Waals surface area (Å²) in [6.07, 6.45) is -0.716. The van der Waals surface area contributed by atoms with Gasteiger partial charge in [0, 0.05) is 26.2 Å². The summed E-state index contributed by atoms with van der Waals surface area (Å²) in [4.78, 5) is 21.8. The van der Waals surface area contributed by atoms with Crippen molar-refractivity contribution in [1.82, 2.24) is 14.5 Å². The second kappa shape index (κ2) is 13.6. The molecule has 0 amide bonds. The molecule has 2 fully saturated rings. The van der Waals surface area contributed by atoms with E-state index in [4.69, 9.17) is 45.3 Å². The maximum absolute atomic E-state index is 12.1. The van der Waals surface area contributed by atoms with Crippen LogP contribution in [-0.4, -0.2) is 73.3 Å². The molecule has 1 unspecified atom stereocenters. The number of hydrogen-bond acceptors (Lipinski definition) is 8. The molecule has 2 aliphatic rings. The highest BCUT2D eigenvalue weighted by molar-refractivity contribution is 6.76. The smallest absolute Gasteiger partial charge is 0.306 e. The van der Waals surface area contributed by atoms with Gasteiger partial charge in [-0.2, -0.15) is 4.98 Å². The Morgan fingerprint density at radius 3 is 2.42 bits per heavy atom. The van der Waals surface area contributed by atoms with E-state index >= 15 is 0 Å². The Morgan fingerprint density at radius 1 is 0.978 bits per heavy atom. The van der Waals surface area contributed by atoms with Gasteiger partial charge in [0.15, 0.2) is 11.8 Å². The van der Waals surface area contributed by atoms with Crippen molar-refractivity contribution in [3.05, 3.63) is 65.7 Å². The van der Waals surface area contributed by atoms with Crippen LogP contribution in [0.2, 0.25) is 30.7 Å². The first kappa shape index (κ1) is 31.7. The number of hydrogen-bond donors (Lipinski definition) is 0. The second-order valence-corrected chi connectivity index (χ2v) is 18.8. The molecule has 6 rings (SSSR count). The standard InChI is InChI=1S/C34H40ClN3O6Si/c1-5-41-29(39)17-25-19-42-32-28(20-43-31(25)32)44-34-37-33-27(38(34)21-40-15-16-45(2,3)4)18-26(35)30(36-33)24-13-11-23(12-14-24)22-9-7-6-8-10-22/h6-14,18,25,28,31-32H,5,15-17,19-21H2,1-4H3/t25?,28-,31-,32-/m1/s1. The van der Waals surface area contributed by atoms with Crippen LogP contribution in [0.3, 0.4) is 0 Å². The third-order valence-corrected chi connectivity index (χ3v) is 10.2. The van der Waals surface area contributed by atoms with E-state index in [0.717, 1.165) is 28.3 Å². The maximum Gasteiger partial charge on any atom is 0.306 e. The maximum atomic E-state index is 12.1. The first-order valence-electron chi connectivity index (χ1n) is 15.6. The van der Waals surface area contributed by atoms with Crippen molar-refractivity contribution in [2.24, 2.45) is 5.92 Å². The molecule has 0 saturated carbocycles. The van der Waals surface area contributed by atoms with Gasteiger partial charge in [-0.05, 0) is 30.2 Å². The lowest BCUT2D eigenvalue weighted by Crippen LogP contribution is -2.34. The summed E-state index contributed by atoms with van der Waals surface area (Å²) < 4.78 is 31.8. The Kier molecular flexibility index (Phi) is 9.58. The molecule has 238 valence electrons. The summed E-state index contributed by atoms with van der Waals surface area (Å²) in [6.45, 7) is 10.7. The molecule has 2 saturated heterocycles. The number of benzene rings is 2. The number of imidazole rings is 1. The lowest BCUT2D eigenvalue weighted by molar-refractivity contribution is -0.145. The largest absolute Gasteiger partial charge is 0.466 e. The topological polar surface area (TPSA) is 93.9 Å². The predicted octanol–water partition coefficient (Wildman–Crippen LogP) is 6.85. The van der Waals surface area contributed by atoms with Crippen LogP contribution in [-0.2, 0) is 30.5 Å². The highest BCUT2D eigenvalue weighted by Gasteiger charge is 2.50. The third-order valence-electron chi connectivity index (χ3n) is 8.24. The van der Waals surface area contributed by atoms with Crippen LogP contribution in [0.4, 0.5) is 0 Å². The van der Waals surface area contributed by atoms with Crippen LogP contribution in [0.5, 0.6) is 6.01 Å². The van der Waals surface area contributed by atoms with Gasteiger partial charge in [0.25, 0.3) is 0 Å². The Balaban J connectivity index is 1.26. The monoisotopic (exact) mass is 649 g/mol. The zero-order valence-corrected chi connectivity index (χ0v) is 28.0. The van der Waals surface area contributed by atoms with E-state index in [2.05, 4.69) is 43.9 Å². The average Bonchev–Trinajstić information content (AvgIpc) is 3.70. The Bertz CT molecular complexity index is 1630. The quantitative estimate of drug-likeness (QED) is 0.0935. The molecule has 4 atom stereocenters. The molecule has 11 heteroatoms. The zero-order valence-electron chi connectivity index (χ0n) is 26.2. The highest BCUT2D eigenvalue weighted by atomic mass is 35.5. The number of carbonyl (C=O) groups is 1. The fourth-order valence-corrected chi connectivity index (χ4v) is 6.81. The van der Waals surface area contributed by atoms with E-state index in [0.29, 0.717) is 48.8 Å². The first-order chi connectivity index (χ1) is 21.7. The van der Waals surface area contributed by atoms with Crippen LogP contribution >= 0.6 is 11.6 Å². The van der Waals surface area contributed by atoms with E-state index in [-0.39, 0.29) is 37.2 Å². The number of carbonyl (C=O) groups excluding carboxylic acids is 1. The number of fused-ring (bicyclic) bond motifs is 2. The van der Waals surface area contributed by atoms with Crippen LogP contribution in [0.25, 0.3) is 33.5 Å². The molecule has 4 heterocycles. The zero-order chi connectivity index (χ0) is 31.6. The molecule has 0 N–H and O–H groups in total. The number of halogens is 1. The summed E-state index contributed by atoms with van der Waals surface area (Å²) in [6, 6.07) is 21.7. The minimum Gasteiger partial charge on any atom is -0.466 e. The van der Waals surface area contributed by atoms with Gasteiger partial charge >= 0.3 is 12.0 Å². The molecule has 45 heavy (non-hydrogen) atoms. The van der Waals surface area contributed by atoms with Crippen molar-refractivity contribution in [2.75, 3.05) is 26.4 Å². The third kappa shape index (κ3) is 7.26. The highest BCUT2D eigenvalue weighted by Crippen LogP contribution is 2.37. The lowest BCUT2D eigenvalue weighted by Gasteiger charge is -2.19. The number of esters is 1. The van der Waals surface area contributed by atoms with Gasteiger partial charge in [-0.3, -0.25) is 9.36 Å². The molecule has 2 aromatic carbocycles. The van der Waals surface area contributed by atoms with Gasteiger partial charge in [-0.25, -0.2) is 4.98 Å². The number of aromatic nitrogens is 3. The van der Waals surface area contributed by atoms with Gasteiger partial charge in [0.2, 0.25) is 0 Å². The predicted molar refractivity (Wildman–Crippen MR) is 176 cm³/mol. The Hall–Kier alpha value is -3.28. The van der Waals surface area contributed by atoms with Gasteiger partial charge in [-0.15, -0.1) is 0 Å². The van der Waals surface area contributed by atoms with E-state index in [1.54, 1.807) is 6.92 Å². The molecular formula is C34H40ClN3O6Si. The average molecular weight is 650 g/mol. The number of rotatable bonds is 12. The molecular weight excluding hydrogens is 610 g/mol. The van der Waals surface area contributed by atoms with Gasteiger partial charge < -0.3 is 23.7 Å². The fourth-order valence-electron chi connectivity index (χ4n) is 5.80. The van der Waals surface area contributed by atoms with Crippen molar-refractivity contribution in [1.29, 1.82) is 0 Å². The van der Waals surface area contributed by atoms with Crippen molar-refractivity contribution in [3.63, 3.8) is 0 Å². The Morgan fingerprint density at radius 2 is 1.69 bits per heavy atom. The van der Waals surface area contributed by atoms with Crippen molar-refractivity contribution in [3.8, 4) is 28.4 Å². The minimum atomic E-state index is -1.28. The lowest BCUT2D eigenvalue weighted by atomic mass is 9.98. The summed E-state index contributed by atoms with van der Waals surface area (Å²) >= 11 is 6.86. The number of pyridine rings is 1. The van der Waals surface area contributed by atoms with E-state index in [1.807, 2.05) is 41.0 Å². The van der Waals surface area contributed by atoms with Gasteiger partial charge in [0.1, 0.15) is 12.8 Å². The van der Waals surface area contributed by atoms with Crippen LogP contribution in [0.15, 0.2) is 60.7 Å². The Labute approximate surface area is 269 Å². The normalized spacial score (nSPS) is 21.3. The van der Waals surface area contributed by atoms with Gasteiger partial charge in [-0.1, -0.05) is 85.8 Å². The van der Waals surface area contributed by atoms with Crippen LogP contribution in [0.1, 0.15) is 13.3 Å². The SMILES string of the molecule is CCOC(=O)CC1CO[C@H]2[C@@H]1OC[C@H]2Oc1nc2nc(-c3ccc(-c4ccccc4)cc3)c(Cl)cc2n1COCC[Si](C)(C)C. The van der Waals surface area contributed by atoms with E-state index < -0.39 is 14.2 Å². The van der Waals surface area contributed by atoms with Crippen LogP contribution in [0, 0.1) is 5.92 Å². The molecule has 0 radical (unpaired) electrons. The molecule has 9 nitrogen and oxygen atoms in total. The minimum absolute atomic E-state index is 0.0809. The molecule has 0 aliphatic carbocycles. The second-order valence-electron chi connectivity index (χ2n) is 12.8. The fraction of sp³-hybridized carbons (Fsp3) is 0.441. The molecule has 4 aromatic rings. The number of ether oxygens (including phenoxy) is 5. The first-order valence-corrected chi connectivity index (χ1v) is 19.6. The molecule has 2 aliphatic heterocycles. The molecule has 0 spiro atoms. The van der Waals surface area contributed by atoms with Crippen molar-refractivity contribution in [2.45, 2.75) is 64.1 Å². The van der Waals surface area contributed by atoms with Crippen molar-refractivity contribution < 1.29 is 28.5 Å².